The van der Waals surface area contributed by atoms with Crippen molar-refractivity contribution >= 4 is 12.2 Å². The SMILES string of the molecule is CC(CN)n1ccc(/C=C/c2ccccc2)cc1=O. The summed E-state index contributed by atoms with van der Waals surface area (Å²) in [4.78, 5) is 11.9. The Bertz CT molecular complexity index is 614. The van der Waals surface area contributed by atoms with E-state index in [2.05, 4.69) is 0 Å². The van der Waals surface area contributed by atoms with Crippen molar-refractivity contribution in [1.29, 1.82) is 0 Å². The molecule has 0 radical (unpaired) electrons. The number of nitrogens with two attached hydrogens (primary N) is 1. The van der Waals surface area contributed by atoms with Crippen LogP contribution in [0.25, 0.3) is 12.2 Å². The molecule has 0 saturated heterocycles. The van der Waals surface area contributed by atoms with Gasteiger partial charge in [0.2, 0.25) is 0 Å². The van der Waals surface area contributed by atoms with Crippen LogP contribution in [0.15, 0.2) is 53.5 Å². The second kappa shape index (κ2) is 6.16. The Morgan fingerprint density at radius 2 is 1.84 bits per heavy atom. The van der Waals surface area contributed by atoms with Gasteiger partial charge in [0, 0.05) is 24.8 Å². The number of aromatic nitrogens is 1. The van der Waals surface area contributed by atoms with Gasteiger partial charge in [-0.05, 0) is 24.1 Å². The van der Waals surface area contributed by atoms with Gasteiger partial charge in [-0.15, -0.1) is 0 Å². The lowest BCUT2D eigenvalue weighted by Gasteiger charge is -2.12. The minimum absolute atomic E-state index is 0.0202. The molecular formula is C16H18N2O. The molecule has 1 unspecified atom stereocenters. The molecule has 0 aliphatic heterocycles. The molecule has 0 saturated carbocycles. The van der Waals surface area contributed by atoms with Gasteiger partial charge >= 0.3 is 0 Å². The molecular weight excluding hydrogens is 236 g/mol. The number of benzene rings is 1. The Kier molecular flexibility index (Phi) is 4.31. The third-order valence-corrected chi connectivity index (χ3v) is 3.06. The summed E-state index contributed by atoms with van der Waals surface area (Å²) in [6.07, 6.45) is 5.73. The van der Waals surface area contributed by atoms with E-state index in [0.717, 1.165) is 11.1 Å². The first kappa shape index (κ1) is 13.3. The molecule has 2 aromatic rings. The largest absolute Gasteiger partial charge is 0.328 e. The third-order valence-electron chi connectivity index (χ3n) is 3.06. The van der Waals surface area contributed by atoms with E-state index in [1.807, 2.05) is 55.5 Å². The summed E-state index contributed by atoms with van der Waals surface area (Å²) in [5.41, 5.74) is 7.56. The van der Waals surface area contributed by atoms with Gasteiger partial charge in [0.05, 0.1) is 0 Å². The summed E-state index contributed by atoms with van der Waals surface area (Å²) in [5, 5.41) is 0. The summed E-state index contributed by atoms with van der Waals surface area (Å²) in [5.74, 6) is 0. The second-order valence-corrected chi connectivity index (χ2v) is 4.53. The number of rotatable bonds is 4. The smallest absolute Gasteiger partial charge is 0.251 e. The maximum Gasteiger partial charge on any atom is 0.251 e. The van der Waals surface area contributed by atoms with Crippen LogP contribution in [0.1, 0.15) is 24.1 Å². The van der Waals surface area contributed by atoms with Crippen LogP contribution in [-0.4, -0.2) is 11.1 Å². The zero-order valence-electron chi connectivity index (χ0n) is 11.0. The molecule has 2 rings (SSSR count). The van der Waals surface area contributed by atoms with Gasteiger partial charge in [0.25, 0.3) is 5.56 Å². The molecule has 3 heteroatoms. The first-order valence-electron chi connectivity index (χ1n) is 6.36. The minimum Gasteiger partial charge on any atom is -0.328 e. The summed E-state index contributed by atoms with van der Waals surface area (Å²) in [6.45, 7) is 2.39. The molecule has 0 aliphatic carbocycles. The molecule has 1 atom stereocenters. The zero-order valence-corrected chi connectivity index (χ0v) is 11.0. The van der Waals surface area contributed by atoms with Crippen LogP contribution in [0.2, 0.25) is 0 Å². The van der Waals surface area contributed by atoms with Gasteiger partial charge in [-0.3, -0.25) is 4.79 Å². The Balaban J connectivity index is 2.21. The van der Waals surface area contributed by atoms with Gasteiger partial charge < -0.3 is 10.3 Å². The maximum absolute atomic E-state index is 11.9. The first-order chi connectivity index (χ1) is 9.20. The minimum atomic E-state index is -0.0202. The normalized spacial score (nSPS) is 12.7. The molecule has 0 amide bonds. The molecule has 1 heterocycles. The van der Waals surface area contributed by atoms with E-state index in [0.29, 0.717) is 6.54 Å². The molecule has 0 fully saturated rings. The molecule has 1 aromatic heterocycles. The van der Waals surface area contributed by atoms with Crippen LogP contribution in [0.4, 0.5) is 0 Å². The topological polar surface area (TPSA) is 48.0 Å². The van der Waals surface area contributed by atoms with Crippen LogP contribution in [-0.2, 0) is 0 Å². The van der Waals surface area contributed by atoms with Crippen molar-refractivity contribution in [2.75, 3.05) is 6.54 Å². The standard InChI is InChI=1S/C16H18N2O/c1-13(12-17)18-10-9-15(11-16(18)19)8-7-14-5-3-2-4-6-14/h2-11,13H,12,17H2,1H3/b8-7+. The lowest BCUT2D eigenvalue weighted by atomic mass is 10.1. The van der Waals surface area contributed by atoms with Crippen molar-refractivity contribution in [2.45, 2.75) is 13.0 Å². The number of hydrogen-bond donors (Lipinski definition) is 1. The van der Waals surface area contributed by atoms with Crippen molar-refractivity contribution in [3.63, 3.8) is 0 Å². The number of pyridine rings is 1. The number of nitrogens with zero attached hydrogens (tertiary/aromatic N) is 1. The van der Waals surface area contributed by atoms with E-state index < -0.39 is 0 Å². The molecule has 19 heavy (non-hydrogen) atoms. The zero-order chi connectivity index (χ0) is 13.7. The van der Waals surface area contributed by atoms with Gasteiger partial charge in [-0.2, -0.15) is 0 Å². The van der Waals surface area contributed by atoms with Gasteiger partial charge in [0.1, 0.15) is 0 Å². The average molecular weight is 254 g/mol. The predicted molar refractivity (Wildman–Crippen MR) is 79.8 cm³/mol. The molecule has 2 N–H and O–H groups in total. The third kappa shape index (κ3) is 3.42. The molecule has 0 bridgehead atoms. The van der Waals surface area contributed by atoms with E-state index in [9.17, 15) is 4.79 Å². The second-order valence-electron chi connectivity index (χ2n) is 4.53. The fourth-order valence-corrected chi connectivity index (χ4v) is 1.84. The fraction of sp³-hybridized carbons (Fsp3) is 0.188. The lowest BCUT2D eigenvalue weighted by Crippen LogP contribution is -2.26. The fourth-order valence-electron chi connectivity index (χ4n) is 1.84. The van der Waals surface area contributed by atoms with Gasteiger partial charge in [-0.25, -0.2) is 0 Å². The van der Waals surface area contributed by atoms with E-state index >= 15 is 0 Å². The molecule has 0 spiro atoms. The summed E-state index contributed by atoms with van der Waals surface area (Å²) in [7, 11) is 0. The summed E-state index contributed by atoms with van der Waals surface area (Å²) < 4.78 is 1.65. The number of hydrogen-bond acceptors (Lipinski definition) is 2. The highest BCUT2D eigenvalue weighted by atomic mass is 16.1. The van der Waals surface area contributed by atoms with E-state index in [-0.39, 0.29) is 11.6 Å². The summed E-state index contributed by atoms with van der Waals surface area (Å²) in [6, 6.07) is 13.6. The van der Waals surface area contributed by atoms with Crippen molar-refractivity contribution in [2.24, 2.45) is 5.73 Å². The van der Waals surface area contributed by atoms with E-state index in [1.165, 1.54) is 0 Å². The maximum atomic E-state index is 11.9. The van der Waals surface area contributed by atoms with Crippen LogP contribution in [0, 0.1) is 0 Å². The van der Waals surface area contributed by atoms with E-state index in [1.54, 1.807) is 16.8 Å². The van der Waals surface area contributed by atoms with Crippen molar-refractivity contribution < 1.29 is 0 Å². The van der Waals surface area contributed by atoms with Crippen LogP contribution >= 0.6 is 0 Å². The Labute approximate surface area is 113 Å². The molecule has 1 aromatic carbocycles. The van der Waals surface area contributed by atoms with Crippen molar-refractivity contribution in [3.05, 3.63) is 70.1 Å². The van der Waals surface area contributed by atoms with E-state index in [4.69, 9.17) is 5.73 Å². The highest BCUT2D eigenvalue weighted by molar-refractivity contribution is 5.69. The molecule has 0 aliphatic rings. The Hall–Kier alpha value is -2.13. The van der Waals surface area contributed by atoms with Crippen LogP contribution in [0.5, 0.6) is 0 Å². The van der Waals surface area contributed by atoms with Crippen molar-refractivity contribution in [1.82, 2.24) is 4.57 Å². The first-order valence-corrected chi connectivity index (χ1v) is 6.36. The highest BCUT2D eigenvalue weighted by Crippen LogP contribution is 2.07. The van der Waals surface area contributed by atoms with Crippen molar-refractivity contribution in [3.8, 4) is 0 Å². The molecule has 98 valence electrons. The highest BCUT2D eigenvalue weighted by Gasteiger charge is 2.03. The quantitative estimate of drug-likeness (QED) is 0.911. The molecule has 3 nitrogen and oxygen atoms in total. The average Bonchev–Trinajstić information content (AvgIpc) is 2.45. The summed E-state index contributed by atoms with van der Waals surface area (Å²) >= 11 is 0. The predicted octanol–water partition coefficient (Wildman–Crippen LogP) is 2.54. The van der Waals surface area contributed by atoms with Gasteiger partial charge in [-0.1, -0.05) is 42.5 Å². The lowest BCUT2D eigenvalue weighted by molar-refractivity contribution is 0.540. The van der Waals surface area contributed by atoms with Crippen LogP contribution < -0.4 is 11.3 Å². The van der Waals surface area contributed by atoms with Crippen LogP contribution in [0.3, 0.4) is 0 Å². The van der Waals surface area contributed by atoms with Gasteiger partial charge in [0.15, 0.2) is 0 Å². The Morgan fingerprint density at radius 3 is 2.47 bits per heavy atom. The Morgan fingerprint density at radius 1 is 1.16 bits per heavy atom. The monoisotopic (exact) mass is 254 g/mol.